The second-order valence-electron chi connectivity index (χ2n) is 3.20. The molecule has 1 fully saturated rings. The minimum absolute atomic E-state index is 1.04. The molecular formula is C7H14O6. The molecule has 0 aromatic rings. The smallest absolute Gasteiger partial charge is 0.184 e. The van der Waals surface area contributed by atoms with Crippen LogP contribution in [0.3, 0.4) is 0 Å². The Bertz CT molecular complexity index is 172. The van der Waals surface area contributed by atoms with Gasteiger partial charge in [-0.05, 0) is 6.92 Å². The summed E-state index contributed by atoms with van der Waals surface area (Å²) in [6.07, 6.45) is -8.18. The Morgan fingerprint density at radius 2 is 1.54 bits per heavy atom. The molecule has 1 heterocycles. The third-order valence-electron chi connectivity index (χ3n) is 2.10. The van der Waals surface area contributed by atoms with Gasteiger partial charge in [-0.15, -0.1) is 0 Å². The zero-order valence-electron chi connectivity index (χ0n) is 7.11. The lowest BCUT2D eigenvalue weighted by Gasteiger charge is -2.39. The van der Waals surface area contributed by atoms with Crippen molar-refractivity contribution >= 4 is 0 Å². The molecule has 5 N–H and O–H groups in total. The molecule has 0 radical (unpaired) electrons. The number of hydrogen-bond acceptors (Lipinski definition) is 6. The van der Waals surface area contributed by atoms with Gasteiger partial charge in [-0.1, -0.05) is 0 Å². The van der Waals surface area contributed by atoms with E-state index >= 15 is 0 Å². The summed E-state index contributed by atoms with van der Waals surface area (Å²) in [6.45, 7) is 1.35. The van der Waals surface area contributed by atoms with E-state index in [0.717, 1.165) is 0 Å². The van der Waals surface area contributed by atoms with Gasteiger partial charge in [-0.25, -0.2) is 0 Å². The van der Waals surface area contributed by atoms with Gasteiger partial charge in [0.2, 0.25) is 0 Å². The summed E-state index contributed by atoms with van der Waals surface area (Å²) in [6, 6.07) is 0. The van der Waals surface area contributed by atoms with Crippen molar-refractivity contribution in [2.24, 2.45) is 0 Å². The lowest BCUT2D eigenvalue weighted by molar-refractivity contribution is -0.295. The van der Waals surface area contributed by atoms with E-state index < -0.39 is 36.8 Å². The van der Waals surface area contributed by atoms with Crippen molar-refractivity contribution in [2.45, 2.75) is 43.7 Å². The highest BCUT2D eigenvalue weighted by Gasteiger charge is 2.44. The normalized spacial score (nSPS) is 48.9. The molecule has 6 atom stereocenters. The number of aliphatic hydroxyl groups excluding tert-OH is 5. The zero-order valence-corrected chi connectivity index (χ0v) is 7.11. The van der Waals surface area contributed by atoms with E-state index in [2.05, 4.69) is 4.74 Å². The molecule has 6 heteroatoms. The predicted molar refractivity (Wildman–Crippen MR) is 40.6 cm³/mol. The Hall–Kier alpha value is -0.240. The molecule has 78 valence electrons. The van der Waals surface area contributed by atoms with E-state index in [4.69, 9.17) is 15.3 Å². The first kappa shape index (κ1) is 10.8. The van der Waals surface area contributed by atoms with Crippen LogP contribution in [-0.2, 0) is 4.74 Å². The third kappa shape index (κ3) is 1.98. The van der Waals surface area contributed by atoms with Gasteiger partial charge in [-0.2, -0.15) is 0 Å². The second-order valence-corrected chi connectivity index (χ2v) is 3.20. The average Bonchev–Trinajstić information content (AvgIpc) is 2.07. The minimum Gasteiger partial charge on any atom is -0.391 e. The van der Waals surface area contributed by atoms with Crippen LogP contribution in [-0.4, -0.2) is 62.3 Å². The summed E-state index contributed by atoms with van der Waals surface area (Å²) in [5, 5.41) is 45.6. The molecular weight excluding hydrogens is 180 g/mol. The van der Waals surface area contributed by atoms with Crippen molar-refractivity contribution in [2.75, 3.05) is 0 Å². The Morgan fingerprint density at radius 3 is 2.00 bits per heavy atom. The van der Waals surface area contributed by atoms with Gasteiger partial charge in [0, 0.05) is 0 Å². The van der Waals surface area contributed by atoms with Gasteiger partial charge < -0.3 is 30.3 Å². The van der Waals surface area contributed by atoms with Crippen LogP contribution in [0.25, 0.3) is 0 Å². The van der Waals surface area contributed by atoms with Crippen LogP contribution in [0.2, 0.25) is 0 Å². The molecule has 0 aromatic heterocycles. The zero-order chi connectivity index (χ0) is 10.2. The molecule has 1 rings (SSSR count). The van der Waals surface area contributed by atoms with Crippen molar-refractivity contribution < 1.29 is 30.3 Å². The molecule has 0 amide bonds. The predicted octanol–water partition coefficient (Wildman–Crippen LogP) is -2.83. The quantitative estimate of drug-likeness (QED) is 0.308. The maximum Gasteiger partial charge on any atom is 0.184 e. The molecule has 6 nitrogen and oxygen atoms in total. The topological polar surface area (TPSA) is 110 Å². The van der Waals surface area contributed by atoms with E-state index in [1.807, 2.05) is 0 Å². The number of aliphatic hydroxyl groups is 5. The van der Waals surface area contributed by atoms with Gasteiger partial charge in [0.25, 0.3) is 0 Å². The molecule has 1 aliphatic rings. The Morgan fingerprint density at radius 1 is 1.00 bits per heavy atom. The summed E-state index contributed by atoms with van der Waals surface area (Å²) >= 11 is 0. The number of rotatable bonds is 1. The van der Waals surface area contributed by atoms with E-state index in [1.54, 1.807) is 0 Å². The fraction of sp³-hybridized carbons (Fsp3) is 1.00. The number of hydrogen-bond donors (Lipinski definition) is 5. The lowest BCUT2D eigenvalue weighted by Crippen LogP contribution is -2.60. The van der Waals surface area contributed by atoms with Gasteiger partial charge in [0.05, 0.1) is 6.10 Å². The SMILES string of the molecule is C[C@H](O)[C@@H]1OC(O)[C@@H](O)[C@H](O)[C@@H]1O. The van der Waals surface area contributed by atoms with Crippen molar-refractivity contribution in [1.29, 1.82) is 0 Å². The Balaban J connectivity index is 2.70. The molecule has 0 aliphatic carbocycles. The monoisotopic (exact) mass is 194 g/mol. The first-order valence-electron chi connectivity index (χ1n) is 4.01. The standard InChI is InChI=1S/C7H14O6/c1-2(8)6-4(10)3(9)5(11)7(12)13-6/h2-12H,1H3/t2-,3+,4-,5-,6-,7?/m0/s1. The summed E-state index contributed by atoms with van der Waals surface area (Å²) in [5.41, 5.74) is 0. The van der Waals surface area contributed by atoms with Crippen LogP contribution in [0.4, 0.5) is 0 Å². The van der Waals surface area contributed by atoms with E-state index in [1.165, 1.54) is 6.92 Å². The largest absolute Gasteiger partial charge is 0.391 e. The van der Waals surface area contributed by atoms with Crippen molar-refractivity contribution in [3.8, 4) is 0 Å². The van der Waals surface area contributed by atoms with Crippen LogP contribution >= 0.6 is 0 Å². The molecule has 1 saturated heterocycles. The van der Waals surface area contributed by atoms with Gasteiger partial charge in [-0.3, -0.25) is 0 Å². The Kier molecular flexibility index (Phi) is 3.23. The van der Waals surface area contributed by atoms with Crippen molar-refractivity contribution in [3.05, 3.63) is 0 Å². The van der Waals surface area contributed by atoms with Crippen LogP contribution < -0.4 is 0 Å². The fourth-order valence-corrected chi connectivity index (χ4v) is 1.29. The summed E-state index contributed by atoms with van der Waals surface area (Å²) in [7, 11) is 0. The maximum absolute atomic E-state index is 9.29. The molecule has 0 bridgehead atoms. The molecule has 13 heavy (non-hydrogen) atoms. The first-order chi connectivity index (χ1) is 5.95. The molecule has 1 unspecified atom stereocenters. The Labute approximate surface area is 75.0 Å². The summed E-state index contributed by atoms with van der Waals surface area (Å²) in [4.78, 5) is 0. The summed E-state index contributed by atoms with van der Waals surface area (Å²) < 4.78 is 4.69. The molecule has 0 aromatic carbocycles. The molecule has 1 aliphatic heterocycles. The van der Waals surface area contributed by atoms with Crippen LogP contribution in [0.1, 0.15) is 6.92 Å². The van der Waals surface area contributed by atoms with Crippen LogP contribution in [0.15, 0.2) is 0 Å². The van der Waals surface area contributed by atoms with Crippen LogP contribution in [0, 0.1) is 0 Å². The van der Waals surface area contributed by atoms with Gasteiger partial charge in [0.1, 0.15) is 24.4 Å². The first-order valence-corrected chi connectivity index (χ1v) is 4.01. The molecule has 0 spiro atoms. The second kappa shape index (κ2) is 3.87. The summed E-state index contributed by atoms with van der Waals surface area (Å²) in [5.74, 6) is 0. The van der Waals surface area contributed by atoms with Gasteiger partial charge in [0.15, 0.2) is 6.29 Å². The molecule has 0 saturated carbocycles. The van der Waals surface area contributed by atoms with Gasteiger partial charge >= 0.3 is 0 Å². The average molecular weight is 194 g/mol. The minimum atomic E-state index is -1.59. The maximum atomic E-state index is 9.29. The number of ether oxygens (including phenoxy) is 1. The van der Waals surface area contributed by atoms with E-state index in [0.29, 0.717) is 0 Å². The third-order valence-corrected chi connectivity index (χ3v) is 2.10. The van der Waals surface area contributed by atoms with Crippen LogP contribution in [0.5, 0.6) is 0 Å². The highest BCUT2D eigenvalue weighted by Crippen LogP contribution is 2.21. The van der Waals surface area contributed by atoms with Crippen molar-refractivity contribution in [3.63, 3.8) is 0 Å². The highest BCUT2D eigenvalue weighted by molar-refractivity contribution is 4.90. The lowest BCUT2D eigenvalue weighted by atomic mass is 9.96. The highest BCUT2D eigenvalue weighted by atomic mass is 16.6. The van der Waals surface area contributed by atoms with Crippen molar-refractivity contribution in [1.82, 2.24) is 0 Å². The van der Waals surface area contributed by atoms with E-state index in [9.17, 15) is 10.2 Å². The van der Waals surface area contributed by atoms with E-state index in [-0.39, 0.29) is 0 Å². The fourth-order valence-electron chi connectivity index (χ4n) is 1.29.